The zero-order valence-corrected chi connectivity index (χ0v) is 17.0. The summed E-state index contributed by atoms with van der Waals surface area (Å²) in [6.45, 7) is 17.9. The molecule has 0 aromatic carbocycles. The van der Waals surface area contributed by atoms with Crippen LogP contribution >= 0.6 is 0 Å². The van der Waals surface area contributed by atoms with Gasteiger partial charge in [-0.05, 0) is 55.4 Å². The van der Waals surface area contributed by atoms with Crippen LogP contribution in [0.2, 0.25) is 0 Å². The van der Waals surface area contributed by atoms with Crippen molar-refractivity contribution in [3.05, 3.63) is 12.5 Å². The van der Waals surface area contributed by atoms with Gasteiger partial charge >= 0.3 is 0 Å². The zero-order chi connectivity index (χ0) is 18.2. The van der Waals surface area contributed by atoms with Crippen LogP contribution in [-0.4, -0.2) is 34.4 Å². The van der Waals surface area contributed by atoms with Crippen molar-refractivity contribution >= 4 is 0 Å². The molecule has 0 aromatic heterocycles. The molecule has 0 spiro atoms. The minimum Gasteiger partial charge on any atom is -0.495 e. The van der Waals surface area contributed by atoms with E-state index in [0.717, 1.165) is 25.7 Å². The molecule has 0 aliphatic carbocycles. The fourth-order valence-electron chi connectivity index (χ4n) is 4.94. The van der Waals surface area contributed by atoms with E-state index < -0.39 is 0 Å². The van der Waals surface area contributed by atoms with Gasteiger partial charge in [0.1, 0.15) is 24.7 Å². The van der Waals surface area contributed by atoms with Crippen molar-refractivity contribution in [1.29, 1.82) is 0 Å². The summed E-state index contributed by atoms with van der Waals surface area (Å²) in [4.78, 5) is 0. The molecule has 140 valence electrons. The number of nitrogens with one attached hydrogen (secondary N) is 2. The summed E-state index contributed by atoms with van der Waals surface area (Å²) < 4.78 is 12.0. The first-order chi connectivity index (χ1) is 10.8. The third kappa shape index (κ3) is 5.96. The molecule has 0 bridgehead atoms. The van der Waals surface area contributed by atoms with Gasteiger partial charge in [0.15, 0.2) is 0 Å². The van der Waals surface area contributed by atoms with Crippen LogP contribution in [0.3, 0.4) is 0 Å². The second-order valence-corrected chi connectivity index (χ2v) is 10.4. The average molecular weight is 339 g/mol. The smallest absolute Gasteiger partial charge is 0.118 e. The average Bonchev–Trinajstić information content (AvgIpc) is 2.26. The number of piperidine rings is 2. The first-order valence-corrected chi connectivity index (χ1v) is 9.32. The number of hydrogen-bond acceptors (Lipinski definition) is 4. The number of ether oxygens (including phenoxy) is 2. The molecule has 0 unspecified atom stereocenters. The highest BCUT2D eigenvalue weighted by Crippen LogP contribution is 2.32. The second kappa shape index (κ2) is 6.53. The first kappa shape index (κ1) is 19.6. The van der Waals surface area contributed by atoms with Gasteiger partial charge < -0.3 is 20.1 Å². The summed E-state index contributed by atoms with van der Waals surface area (Å²) in [5.41, 5.74) is 0.406. The Morgan fingerprint density at radius 1 is 0.583 bits per heavy atom. The van der Waals surface area contributed by atoms with E-state index in [1.807, 2.05) is 0 Å². The van der Waals surface area contributed by atoms with E-state index in [-0.39, 0.29) is 34.4 Å². The van der Waals surface area contributed by atoms with Crippen LogP contribution in [0.5, 0.6) is 0 Å². The van der Waals surface area contributed by atoms with Gasteiger partial charge in [-0.15, -0.1) is 0 Å². The highest BCUT2D eigenvalue weighted by Gasteiger charge is 2.39. The monoisotopic (exact) mass is 338 g/mol. The van der Waals surface area contributed by atoms with Crippen LogP contribution in [-0.2, 0) is 9.47 Å². The fraction of sp³-hybridized carbons (Fsp3) is 0.900. The molecule has 0 amide bonds. The molecule has 2 N–H and O–H groups in total. The first-order valence-electron chi connectivity index (χ1n) is 9.32. The van der Waals surface area contributed by atoms with E-state index in [1.165, 1.54) is 0 Å². The van der Waals surface area contributed by atoms with Crippen LogP contribution in [0.25, 0.3) is 0 Å². The Hall–Kier alpha value is -0.740. The van der Waals surface area contributed by atoms with E-state index in [2.05, 4.69) is 66.0 Å². The van der Waals surface area contributed by atoms with Gasteiger partial charge in [-0.3, -0.25) is 0 Å². The third-order valence-electron chi connectivity index (χ3n) is 4.90. The van der Waals surface area contributed by atoms with Crippen molar-refractivity contribution < 1.29 is 9.47 Å². The van der Waals surface area contributed by atoms with Crippen LogP contribution in [0.4, 0.5) is 0 Å². The molecular formula is C20H38N2O2. The molecule has 0 saturated carbocycles. The van der Waals surface area contributed by atoms with Crippen LogP contribution in [0.15, 0.2) is 12.5 Å². The molecule has 2 aliphatic rings. The predicted octanol–water partition coefficient (Wildman–Crippen LogP) is 4.11. The lowest BCUT2D eigenvalue weighted by Crippen LogP contribution is -2.59. The molecule has 2 aliphatic heterocycles. The minimum atomic E-state index is 0.101. The highest BCUT2D eigenvalue weighted by atomic mass is 16.5. The molecular weight excluding hydrogens is 300 g/mol. The SMILES string of the molecule is CC1(C)CC(OC=COC2CC(C)(C)NC(C)(C)C2)CC(C)(C)N1. The lowest BCUT2D eigenvalue weighted by atomic mass is 9.81. The van der Waals surface area contributed by atoms with Gasteiger partial charge in [-0.1, -0.05) is 0 Å². The third-order valence-corrected chi connectivity index (χ3v) is 4.90. The Kier molecular flexibility index (Phi) is 5.33. The van der Waals surface area contributed by atoms with Crippen LogP contribution in [0.1, 0.15) is 81.1 Å². The zero-order valence-electron chi connectivity index (χ0n) is 17.0. The van der Waals surface area contributed by atoms with E-state index >= 15 is 0 Å². The standard InChI is InChI=1S/C20H38N2O2/c1-17(2)11-15(12-18(3,4)21-17)23-9-10-24-16-13-19(5,6)22-20(7,8)14-16/h9-10,15-16,21-22H,11-14H2,1-8H3. The van der Waals surface area contributed by atoms with Crippen molar-refractivity contribution in [1.82, 2.24) is 10.6 Å². The molecule has 4 heteroatoms. The summed E-state index contributed by atoms with van der Waals surface area (Å²) >= 11 is 0. The van der Waals surface area contributed by atoms with Crippen molar-refractivity contribution in [2.24, 2.45) is 0 Å². The largest absolute Gasteiger partial charge is 0.495 e. The van der Waals surface area contributed by atoms with E-state index in [0.29, 0.717) is 0 Å². The Balaban J connectivity index is 1.84. The van der Waals surface area contributed by atoms with Crippen molar-refractivity contribution in [3.63, 3.8) is 0 Å². The van der Waals surface area contributed by atoms with E-state index in [1.54, 1.807) is 12.5 Å². The second-order valence-electron chi connectivity index (χ2n) is 10.4. The maximum absolute atomic E-state index is 5.99. The molecule has 2 heterocycles. The molecule has 0 atom stereocenters. The molecule has 24 heavy (non-hydrogen) atoms. The van der Waals surface area contributed by atoms with Gasteiger partial charge in [0, 0.05) is 47.8 Å². The lowest BCUT2D eigenvalue weighted by molar-refractivity contribution is 0.00795. The topological polar surface area (TPSA) is 42.5 Å². The Morgan fingerprint density at radius 3 is 1.08 bits per heavy atom. The summed E-state index contributed by atoms with van der Waals surface area (Å²) in [6.07, 6.45) is 8.01. The predicted molar refractivity (Wildman–Crippen MR) is 99.9 cm³/mol. The number of rotatable bonds is 4. The fourth-order valence-corrected chi connectivity index (χ4v) is 4.94. The minimum absolute atomic E-state index is 0.101. The van der Waals surface area contributed by atoms with Crippen LogP contribution in [0, 0.1) is 0 Å². The van der Waals surface area contributed by atoms with Gasteiger partial charge in [0.05, 0.1) is 0 Å². The molecule has 2 rings (SSSR count). The van der Waals surface area contributed by atoms with Crippen LogP contribution < -0.4 is 10.6 Å². The summed E-state index contributed by atoms with van der Waals surface area (Å²) in [5, 5.41) is 7.36. The maximum Gasteiger partial charge on any atom is 0.118 e. The Morgan fingerprint density at radius 2 is 0.833 bits per heavy atom. The van der Waals surface area contributed by atoms with Crippen molar-refractivity contribution in [3.8, 4) is 0 Å². The van der Waals surface area contributed by atoms with Crippen molar-refractivity contribution in [2.75, 3.05) is 0 Å². The molecule has 0 aromatic rings. The normalized spacial score (nSPS) is 29.5. The van der Waals surface area contributed by atoms with Crippen molar-refractivity contribution in [2.45, 2.75) is 115 Å². The summed E-state index contributed by atoms with van der Waals surface area (Å²) in [6, 6.07) is 0. The Labute approximate surface area is 148 Å². The summed E-state index contributed by atoms with van der Waals surface area (Å²) in [7, 11) is 0. The van der Waals surface area contributed by atoms with Gasteiger partial charge in [0.2, 0.25) is 0 Å². The quantitative estimate of drug-likeness (QED) is 0.757. The Bertz CT molecular complexity index is 392. The molecule has 2 fully saturated rings. The van der Waals surface area contributed by atoms with E-state index in [9.17, 15) is 0 Å². The molecule has 0 radical (unpaired) electrons. The number of hydrogen-bond donors (Lipinski definition) is 2. The van der Waals surface area contributed by atoms with Gasteiger partial charge in [0.25, 0.3) is 0 Å². The molecule has 4 nitrogen and oxygen atoms in total. The van der Waals surface area contributed by atoms with Gasteiger partial charge in [-0.2, -0.15) is 0 Å². The van der Waals surface area contributed by atoms with Gasteiger partial charge in [-0.25, -0.2) is 0 Å². The lowest BCUT2D eigenvalue weighted by Gasteiger charge is -2.46. The molecule has 2 saturated heterocycles. The summed E-state index contributed by atoms with van der Waals surface area (Å²) in [5.74, 6) is 0. The van der Waals surface area contributed by atoms with E-state index in [4.69, 9.17) is 9.47 Å². The highest BCUT2D eigenvalue weighted by molar-refractivity contribution is 4.99. The maximum atomic E-state index is 5.99.